The maximum absolute atomic E-state index is 13.2. The lowest BCUT2D eigenvalue weighted by atomic mass is 10.0. The van der Waals surface area contributed by atoms with Crippen LogP contribution in [0.3, 0.4) is 0 Å². The fourth-order valence-corrected chi connectivity index (χ4v) is 4.27. The number of nitrogens with one attached hydrogen (secondary N) is 2. The summed E-state index contributed by atoms with van der Waals surface area (Å²) >= 11 is 1.43. The second-order valence-corrected chi connectivity index (χ2v) is 7.84. The molecule has 2 aromatic carbocycles. The first kappa shape index (κ1) is 17.6. The Balaban J connectivity index is 1.67. The summed E-state index contributed by atoms with van der Waals surface area (Å²) in [6.45, 7) is 5.91. The van der Waals surface area contributed by atoms with Crippen LogP contribution in [0.1, 0.15) is 28.6 Å². The Morgan fingerprint density at radius 2 is 1.89 bits per heavy atom. The Bertz CT molecular complexity index is 985. The number of carbonyl (C=O) groups excluding carboxylic acids is 1. The van der Waals surface area contributed by atoms with Gasteiger partial charge in [-0.2, -0.15) is 0 Å². The van der Waals surface area contributed by atoms with Crippen molar-refractivity contribution in [3.8, 4) is 0 Å². The van der Waals surface area contributed by atoms with E-state index in [9.17, 15) is 4.79 Å². The lowest BCUT2D eigenvalue weighted by molar-refractivity contribution is -0.116. The monoisotopic (exact) mass is 379 g/mol. The van der Waals surface area contributed by atoms with Crippen LogP contribution in [-0.4, -0.2) is 26.0 Å². The Morgan fingerprint density at radius 1 is 1.11 bits per heavy atom. The molecule has 1 aliphatic heterocycles. The number of hydrogen-bond acceptors (Lipinski definition) is 5. The number of rotatable bonds is 3. The smallest absolute Gasteiger partial charge is 0.240 e. The van der Waals surface area contributed by atoms with E-state index in [1.165, 1.54) is 11.8 Å². The normalized spacial score (nSPS) is 18.5. The summed E-state index contributed by atoms with van der Waals surface area (Å²) < 4.78 is 1.85. The minimum Gasteiger partial charge on any atom is -0.325 e. The van der Waals surface area contributed by atoms with Crippen LogP contribution in [0.4, 0.5) is 5.69 Å². The highest BCUT2D eigenvalue weighted by molar-refractivity contribution is 8.00. The molecule has 0 saturated heterocycles. The standard InChI is InChI=1S/C20H21N5OS/c1-12-9-10-13(2)16(11-12)21-19(26)18-17(15-7-5-4-6-8-15)24-25-14(3)22-23-20(25)27-18/h4-11,17-18,24H,1-3H3,(H,21,26)/t17-,18+/m0/s1. The maximum Gasteiger partial charge on any atom is 0.240 e. The van der Waals surface area contributed by atoms with E-state index in [1.54, 1.807) is 0 Å². The third-order valence-electron chi connectivity index (χ3n) is 4.67. The van der Waals surface area contributed by atoms with E-state index in [2.05, 4.69) is 20.9 Å². The molecule has 0 spiro atoms. The molecule has 0 fully saturated rings. The topological polar surface area (TPSA) is 71.8 Å². The summed E-state index contributed by atoms with van der Waals surface area (Å²) in [5, 5.41) is 11.7. The minimum atomic E-state index is -0.372. The molecule has 2 atom stereocenters. The molecule has 27 heavy (non-hydrogen) atoms. The Kier molecular flexibility index (Phi) is 4.61. The van der Waals surface area contributed by atoms with E-state index in [0.717, 1.165) is 28.2 Å². The van der Waals surface area contributed by atoms with Crippen LogP contribution in [0.5, 0.6) is 0 Å². The summed E-state index contributed by atoms with van der Waals surface area (Å²) in [6.07, 6.45) is 0. The number of anilines is 1. The number of nitrogens with zero attached hydrogens (tertiary/aromatic N) is 3. The van der Waals surface area contributed by atoms with Crippen molar-refractivity contribution in [3.05, 3.63) is 71.0 Å². The number of fused-ring (bicyclic) bond motifs is 1. The van der Waals surface area contributed by atoms with E-state index < -0.39 is 0 Å². The highest BCUT2D eigenvalue weighted by Gasteiger charge is 2.37. The molecule has 1 amide bonds. The van der Waals surface area contributed by atoms with Crippen LogP contribution >= 0.6 is 11.8 Å². The molecular formula is C20H21N5OS. The van der Waals surface area contributed by atoms with Gasteiger partial charge in [-0.1, -0.05) is 54.2 Å². The summed E-state index contributed by atoms with van der Waals surface area (Å²) in [6, 6.07) is 15.9. The fraction of sp³-hybridized carbons (Fsp3) is 0.250. The minimum absolute atomic E-state index is 0.0537. The van der Waals surface area contributed by atoms with Crippen LogP contribution < -0.4 is 10.7 Å². The molecule has 6 nitrogen and oxygen atoms in total. The number of benzene rings is 2. The summed E-state index contributed by atoms with van der Waals surface area (Å²) in [4.78, 5) is 13.2. The predicted octanol–water partition coefficient (Wildman–Crippen LogP) is 3.60. The molecule has 0 radical (unpaired) electrons. The number of hydrogen-bond donors (Lipinski definition) is 2. The van der Waals surface area contributed by atoms with Crippen molar-refractivity contribution >= 4 is 23.4 Å². The average Bonchev–Trinajstić information content (AvgIpc) is 3.04. The largest absolute Gasteiger partial charge is 0.325 e. The molecule has 2 N–H and O–H groups in total. The number of thioether (sulfide) groups is 1. The van der Waals surface area contributed by atoms with Gasteiger partial charge in [0.25, 0.3) is 0 Å². The summed E-state index contributed by atoms with van der Waals surface area (Å²) in [7, 11) is 0. The first-order valence-corrected chi connectivity index (χ1v) is 9.69. The second-order valence-electron chi connectivity index (χ2n) is 6.73. The van der Waals surface area contributed by atoms with Gasteiger partial charge in [0, 0.05) is 5.69 Å². The van der Waals surface area contributed by atoms with Gasteiger partial charge in [0.1, 0.15) is 11.1 Å². The molecular weight excluding hydrogens is 358 g/mol. The van der Waals surface area contributed by atoms with Gasteiger partial charge >= 0.3 is 0 Å². The van der Waals surface area contributed by atoms with Crippen LogP contribution in [0, 0.1) is 20.8 Å². The lowest BCUT2D eigenvalue weighted by Crippen LogP contribution is -2.41. The molecule has 1 aliphatic rings. The van der Waals surface area contributed by atoms with Crippen molar-refractivity contribution in [1.29, 1.82) is 0 Å². The fourth-order valence-electron chi connectivity index (χ4n) is 3.15. The Morgan fingerprint density at radius 3 is 2.67 bits per heavy atom. The molecule has 2 heterocycles. The van der Waals surface area contributed by atoms with Crippen molar-refractivity contribution < 1.29 is 4.79 Å². The zero-order chi connectivity index (χ0) is 19.0. The van der Waals surface area contributed by atoms with E-state index >= 15 is 0 Å². The van der Waals surface area contributed by atoms with Gasteiger partial charge in [0.05, 0.1) is 6.04 Å². The number of aromatic nitrogens is 3. The summed E-state index contributed by atoms with van der Waals surface area (Å²) in [5.41, 5.74) is 7.45. The first-order valence-electron chi connectivity index (χ1n) is 8.81. The van der Waals surface area contributed by atoms with Crippen LogP contribution in [-0.2, 0) is 4.79 Å². The van der Waals surface area contributed by atoms with Gasteiger partial charge in [0.15, 0.2) is 0 Å². The third kappa shape index (κ3) is 3.42. The van der Waals surface area contributed by atoms with E-state index in [1.807, 2.05) is 74.0 Å². The van der Waals surface area contributed by atoms with E-state index in [-0.39, 0.29) is 17.2 Å². The van der Waals surface area contributed by atoms with E-state index in [4.69, 9.17) is 0 Å². The zero-order valence-electron chi connectivity index (χ0n) is 15.4. The van der Waals surface area contributed by atoms with Crippen molar-refractivity contribution in [2.45, 2.75) is 37.2 Å². The molecule has 7 heteroatoms. The van der Waals surface area contributed by atoms with Crippen molar-refractivity contribution in [1.82, 2.24) is 14.9 Å². The van der Waals surface area contributed by atoms with Crippen molar-refractivity contribution in [3.63, 3.8) is 0 Å². The van der Waals surface area contributed by atoms with Gasteiger partial charge in [-0.05, 0) is 43.5 Å². The number of carbonyl (C=O) groups is 1. The molecule has 0 bridgehead atoms. The summed E-state index contributed by atoms with van der Waals surface area (Å²) in [5.74, 6) is 0.716. The van der Waals surface area contributed by atoms with Crippen LogP contribution in [0.15, 0.2) is 53.7 Å². The molecule has 138 valence electrons. The average molecular weight is 379 g/mol. The van der Waals surface area contributed by atoms with Crippen molar-refractivity contribution in [2.75, 3.05) is 10.7 Å². The van der Waals surface area contributed by atoms with Gasteiger partial charge in [-0.25, -0.2) is 4.68 Å². The highest BCUT2D eigenvalue weighted by Crippen LogP contribution is 2.37. The Hall–Kier alpha value is -2.80. The van der Waals surface area contributed by atoms with Crippen LogP contribution in [0.25, 0.3) is 0 Å². The molecule has 3 aromatic rings. The van der Waals surface area contributed by atoms with Crippen LogP contribution in [0.2, 0.25) is 0 Å². The SMILES string of the molecule is Cc1ccc(C)c(NC(=O)[C@@H]2Sc3nnc(C)n3N[C@H]2c2ccccc2)c1. The second kappa shape index (κ2) is 7.08. The van der Waals surface area contributed by atoms with Gasteiger partial charge in [-0.15, -0.1) is 10.2 Å². The van der Waals surface area contributed by atoms with Gasteiger partial charge in [0.2, 0.25) is 11.1 Å². The van der Waals surface area contributed by atoms with Gasteiger partial charge in [-0.3, -0.25) is 4.79 Å². The quantitative estimate of drug-likeness (QED) is 0.727. The van der Waals surface area contributed by atoms with E-state index in [0.29, 0.717) is 5.16 Å². The third-order valence-corrected chi connectivity index (χ3v) is 5.88. The molecule has 0 aliphatic carbocycles. The molecule has 1 aromatic heterocycles. The molecule has 0 saturated carbocycles. The van der Waals surface area contributed by atoms with Crippen molar-refractivity contribution in [2.24, 2.45) is 0 Å². The first-order chi connectivity index (χ1) is 13.0. The highest BCUT2D eigenvalue weighted by atomic mass is 32.2. The molecule has 0 unspecified atom stereocenters. The Labute approximate surface area is 162 Å². The number of amides is 1. The molecule has 4 rings (SSSR count). The predicted molar refractivity (Wildman–Crippen MR) is 107 cm³/mol. The maximum atomic E-state index is 13.2. The lowest BCUT2D eigenvalue weighted by Gasteiger charge is -2.32. The zero-order valence-corrected chi connectivity index (χ0v) is 16.2. The number of aryl methyl sites for hydroxylation is 3. The van der Waals surface area contributed by atoms with Gasteiger partial charge < -0.3 is 10.7 Å².